The Morgan fingerprint density at radius 1 is 1.26 bits per heavy atom. The van der Waals surface area contributed by atoms with Gasteiger partial charge in [-0.1, -0.05) is 0 Å². The minimum Gasteiger partial charge on any atom is -0.485 e. The predicted molar refractivity (Wildman–Crippen MR) is 71.7 cm³/mol. The Kier molecular flexibility index (Phi) is 4.22. The van der Waals surface area contributed by atoms with E-state index in [1.807, 2.05) is 27.0 Å². The highest BCUT2D eigenvalue weighted by Gasteiger charge is 2.08. The summed E-state index contributed by atoms with van der Waals surface area (Å²) in [5.41, 5.74) is 1.90. The van der Waals surface area contributed by atoms with Crippen LogP contribution in [0.3, 0.4) is 0 Å². The van der Waals surface area contributed by atoms with Crippen LogP contribution >= 0.6 is 0 Å². The fourth-order valence-corrected chi connectivity index (χ4v) is 1.95. The van der Waals surface area contributed by atoms with Crippen molar-refractivity contribution in [3.8, 4) is 5.75 Å². The minimum absolute atomic E-state index is 0.255. The Balaban J connectivity index is 2.04. The molecule has 3 nitrogen and oxygen atoms in total. The van der Waals surface area contributed by atoms with Crippen molar-refractivity contribution in [1.82, 2.24) is 5.32 Å². The smallest absolute Gasteiger partial charge is 0.146 e. The van der Waals surface area contributed by atoms with Gasteiger partial charge < -0.3 is 14.5 Å². The molecular formula is C15H18FNO2. The molecule has 0 atom stereocenters. The molecule has 4 heteroatoms. The molecule has 0 bridgehead atoms. The molecule has 1 N–H and O–H groups in total. The average Bonchev–Trinajstić information content (AvgIpc) is 2.70. The highest BCUT2D eigenvalue weighted by molar-refractivity contribution is 5.32. The van der Waals surface area contributed by atoms with Crippen LogP contribution < -0.4 is 10.1 Å². The van der Waals surface area contributed by atoms with Crippen molar-refractivity contribution in [2.75, 3.05) is 7.05 Å². The first-order valence-electron chi connectivity index (χ1n) is 6.22. The van der Waals surface area contributed by atoms with Gasteiger partial charge in [0, 0.05) is 12.1 Å². The fourth-order valence-electron chi connectivity index (χ4n) is 1.95. The molecule has 2 rings (SSSR count). The molecule has 0 aliphatic heterocycles. The molecule has 1 aromatic carbocycles. The third-order valence-electron chi connectivity index (χ3n) is 2.95. The van der Waals surface area contributed by atoms with Crippen molar-refractivity contribution >= 4 is 0 Å². The zero-order chi connectivity index (χ0) is 13.8. The van der Waals surface area contributed by atoms with Gasteiger partial charge in [0.2, 0.25) is 0 Å². The second-order valence-corrected chi connectivity index (χ2v) is 4.52. The number of hydrogen-bond donors (Lipinski definition) is 1. The van der Waals surface area contributed by atoms with E-state index in [4.69, 9.17) is 9.15 Å². The van der Waals surface area contributed by atoms with E-state index in [1.165, 1.54) is 12.1 Å². The molecule has 0 unspecified atom stereocenters. The summed E-state index contributed by atoms with van der Waals surface area (Å²) in [4.78, 5) is 0. The molecular weight excluding hydrogens is 245 g/mol. The molecule has 0 aliphatic carbocycles. The Bertz CT molecular complexity index is 563. The zero-order valence-electron chi connectivity index (χ0n) is 11.4. The molecule has 0 fully saturated rings. The quantitative estimate of drug-likeness (QED) is 0.898. The summed E-state index contributed by atoms with van der Waals surface area (Å²) in [6.07, 6.45) is 0. The lowest BCUT2D eigenvalue weighted by atomic mass is 10.2. The molecule has 0 saturated heterocycles. The number of nitrogens with one attached hydrogen (secondary N) is 1. The maximum atomic E-state index is 13.0. The van der Waals surface area contributed by atoms with Gasteiger partial charge in [-0.25, -0.2) is 4.39 Å². The number of halogens is 1. The van der Waals surface area contributed by atoms with Crippen molar-refractivity contribution in [3.63, 3.8) is 0 Å². The molecule has 0 radical (unpaired) electrons. The molecule has 0 spiro atoms. The van der Waals surface area contributed by atoms with Crippen LogP contribution in [0.4, 0.5) is 4.39 Å². The lowest BCUT2D eigenvalue weighted by molar-refractivity contribution is 0.265. The minimum atomic E-state index is -0.255. The molecule has 0 saturated carbocycles. The molecule has 0 amide bonds. The van der Waals surface area contributed by atoms with Crippen molar-refractivity contribution in [2.24, 2.45) is 0 Å². The van der Waals surface area contributed by atoms with E-state index in [2.05, 4.69) is 5.32 Å². The topological polar surface area (TPSA) is 34.4 Å². The summed E-state index contributed by atoms with van der Waals surface area (Å²) < 4.78 is 24.2. The number of aryl methyl sites for hydroxylation is 2. The monoisotopic (exact) mass is 263 g/mol. The maximum absolute atomic E-state index is 13.0. The van der Waals surface area contributed by atoms with Crippen molar-refractivity contribution in [3.05, 3.63) is 52.7 Å². The summed E-state index contributed by atoms with van der Waals surface area (Å²) >= 11 is 0. The lowest BCUT2D eigenvalue weighted by Crippen LogP contribution is -2.04. The van der Waals surface area contributed by atoms with E-state index in [0.717, 1.165) is 29.2 Å². The standard InChI is InChI=1S/C15H18FNO2/c1-10-6-13(16)4-5-15(10)18-9-14-7-12(8-17-3)11(2)19-14/h4-7,17H,8-9H2,1-3H3. The molecule has 1 aromatic heterocycles. The Labute approximate surface area is 112 Å². The molecule has 102 valence electrons. The molecule has 19 heavy (non-hydrogen) atoms. The Hall–Kier alpha value is -1.81. The third-order valence-corrected chi connectivity index (χ3v) is 2.95. The van der Waals surface area contributed by atoms with Gasteiger partial charge in [0.15, 0.2) is 0 Å². The van der Waals surface area contributed by atoms with Crippen molar-refractivity contribution in [2.45, 2.75) is 27.0 Å². The summed E-state index contributed by atoms with van der Waals surface area (Å²) in [5, 5.41) is 3.08. The average molecular weight is 263 g/mol. The Morgan fingerprint density at radius 3 is 2.74 bits per heavy atom. The van der Waals surface area contributed by atoms with Crippen molar-refractivity contribution in [1.29, 1.82) is 0 Å². The van der Waals surface area contributed by atoms with E-state index < -0.39 is 0 Å². The second-order valence-electron chi connectivity index (χ2n) is 4.52. The normalized spacial score (nSPS) is 10.7. The molecule has 1 heterocycles. The number of benzene rings is 1. The van der Waals surface area contributed by atoms with E-state index >= 15 is 0 Å². The van der Waals surface area contributed by atoms with Gasteiger partial charge in [0.25, 0.3) is 0 Å². The predicted octanol–water partition coefficient (Wildman–Crippen LogP) is 3.33. The van der Waals surface area contributed by atoms with Crippen LogP contribution in [-0.2, 0) is 13.2 Å². The highest BCUT2D eigenvalue weighted by atomic mass is 19.1. The van der Waals surface area contributed by atoms with Gasteiger partial charge in [-0.2, -0.15) is 0 Å². The van der Waals surface area contributed by atoms with Gasteiger partial charge in [-0.15, -0.1) is 0 Å². The number of rotatable bonds is 5. The van der Waals surface area contributed by atoms with E-state index in [0.29, 0.717) is 12.4 Å². The van der Waals surface area contributed by atoms with Crippen LogP contribution in [0.15, 0.2) is 28.7 Å². The fraction of sp³-hybridized carbons (Fsp3) is 0.333. The van der Waals surface area contributed by atoms with Crippen molar-refractivity contribution < 1.29 is 13.5 Å². The van der Waals surface area contributed by atoms with Crippen LogP contribution in [0.1, 0.15) is 22.6 Å². The summed E-state index contributed by atoms with van der Waals surface area (Å²) in [5.74, 6) is 2.08. The largest absolute Gasteiger partial charge is 0.485 e. The second kappa shape index (κ2) is 5.89. The summed E-state index contributed by atoms with van der Waals surface area (Å²) in [6, 6.07) is 6.46. The maximum Gasteiger partial charge on any atom is 0.146 e. The first-order valence-corrected chi connectivity index (χ1v) is 6.22. The number of ether oxygens (including phenoxy) is 1. The van der Waals surface area contributed by atoms with Gasteiger partial charge >= 0.3 is 0 Å². The summed E-state index contributed by atoms with van der Waals surface area (Å²) in [6.45, 7) is 4.86. The van der Waals surface area contributed by atoms with Gasteiger partial charge in [-0.3, -0.25) is 0 Å². The van der Waals surface area contributed by atoms with E-state index in [9.17, 15) is 4.39 Å². The van der Waals surface area contributed by atoms with Gasteiger partial charge in [0.1, 0.15) is 29.7 Å². The Morgan fingerprint density at radius 2 is 2.05 bits per heavy atom. The van der Waals surface area contributed by atoms with Crippen LogP contribution in [0.5, 0.6) is 5.75 Å². The number of furan rings is 1. The van der Waals surface area contributed by atoms with Crippen LogP contribution in [0.25, 0.3) is 0 Å². The van der Waals surface area contributed by atoms with Crippen LogP contribution in [0.2, 0.25) is 0 Å². The first-order chi connectivity index (χ1) is 9.10. The first kappa shape index (κ1) is 13.6. The van der Waals surface area contributed by atoms with Crippen LogP contribution in [0, 0.1) is 19.7 Å². The van der Waals surface area contributed by atoms with Gasteiger partial charge in [-0.05, 0) is 50.7 Å². The molecule has 2 aromatic rings. The van der Waals surface area contributed by atoms with Crippen LogP contribution in [-0.4, -0.2) is 7.05 Å². The van der Waals surface area contributed by atoms with Gasteiger partial charge in [0.05, 0.1) is 0 Å². The summed E-state index contributed by atoms with van der Waals surface area (Å²) in [7, 11) is 1.89. The highest BCUT2D eigenvalue weighted by Crippen LogP contribution is 2.21. The third kappa shape index (κ3) is 3.35. The van der Waals surface area contributed by atoms with E-state index in [1.54, 1.807) is 6.07 Å². The zero-order valence-corrected chi connectivity index (χ0v) is 11.4. The SMILES string of the molecule is CNCc1cc(COc2ccc(F)cc2C)oc1C. The lowest BCUT2D eigenvalue weighted by Gasteiger charge is -2.07. The molecule has 0 aliphatic rings. The van der Waals surface area contributed by atoms with E-state index in [-0.39, 0.29) is 5.82 Å². The number of hydrogen-bond acceptors (Lipinski definition) is 3.